The molecule has 0 aromatic heterocycles. The largest absolute Gasteiger partial charge is 0.457 e. The Balaban J connectivity index is 1.52. The van der Waals surface area contributed by atoms with Gasteiger partial charge in [0.25, 0.3) is 0 Å². The Morgan fingerprint density at radius 3 is 2.53 bits per heavy atom. The first kappa shape index (κ1) is 21.6. The van der Waals surface area contributed by atoms with Crippen molar-refractivity contribution in [2.75, 3.05) is 24.6 Å². The summed E-state index contributed by atoms with van der Waals surface area (Å²) in [4.78, 5) is 60.4. The number of carbonyl (C=O) groups is 4. The van der Waals surface area contributed by atoms with Crippen molar-refractivity contribution < 1.29 is 28.8 Å². The lowest BCUT2D eigenvalue weighted by atomic mass is 9.88. The number of carbonyl (C=O) groups excluding carboxylic acids is 4. The van der Waals surface area contributed by atoms with Gasteiger partial charge < -0.3 is 9.64 Å². The summed E-state index contributed by atoms with van der Waals surface area (Å²) in [5.74, 6) is -2.66. The SMILES string of the molecule is C[C@@H]1CC(=O)[C@H](CC(=O)OCC(=O)c2ccc(N3CCCC3=O)cc2)[C@@H]1C[N+](=O)[O-]. The Morgan fingerprint density at radius 1 is 1.23 bits per heavy atom. The number of anilines is 1. The zero-order chi connectivity index (χ0) is 21.8. The number of Topliss-reactive ketones (excluding diaryl/α,β-unsaturated/α-hetero) is 2. The minimum absolute atomic E-state index is 0.0502. The van der Waals surface area contributed by atoms with E-state index in [2.05, 4.69) is 0 Å². The van der Waals surface area contributed by atoms with Gasteiger partial charge in [-0.25, -0.2) is 0 Å². The van der Waals surface area contributed by atoms with Gasteiger partial charge in [-0.3, -0.25) is 29.3 Å². The van der Waals surface area contributed by atoms with Gasteiger partial charge in [-0.1, -0.05) is 6.92 Å². The Bertz CT molecular complexity index is 865. The number of ketones is 2. The number of benzene rings is 1. The van der Waals surface area contributed by atoms with E-state index < -0.39 is 35.1 Å². The van der Waals surface area contributed by atoms with Crippen molar-refractivity contribution in [1.82, 2.24) is 0 Å². The summed E-state index contributed by atoms with van der Waals surface area (Å²) in [6.07, 6.45) is 1.27. The fourth-order valence-corrected chi connectivity index (χ4v) is 4.22. The third kappa shape index (κ3) is 4.90. The monoisotopic (exact) mass is 416 g/mol. The molecule has 1 aromatic carbocycles. The second-order valence-electron chi connectivity index (χ2n) is 7.92. The quantitative estimate of drug-likeness (QED) is 0.275. The van der Waals surface area contributed by atoms with Gasteiger partial charge in [0.2, 0.25) is 12.5 Å². The van der Waals surface area contributed by atoms with Crippen molar-refractivity contribution in [3.8, 4) is 0 Å². The maximum atomic E-state index is 12.3. The second kappa shape index (κ2) is 9.15. The van der Waals surface area contributed by atoms with Crippen LogP contribution < -0.4 is 4.90 Å². The average molecular weight is 416 g/mol. The highest BCUT2D eigenvalue weighted by Gasteiger charge is 2.44. The van der Waals surface area contributed by atoms with Crippen LogP contribution in [0.3, 0.4) is 0 Å². The standard InChI is InChI=1S/C21H24N2O7/c1-13-9-18(24)16(17(13)11-23(28)29)10-21(27)30-12-19(25)14-4-6-15(7-5-14)22-8-2-3-20(22)26/h4-7,13,16-17H,2-3,8-12H2,1H3/t13-,16-,17-/m1/s1. The summed E-state index contributed by atoms with van der Waals surface area (Å²) in [5, 5.41) is 10.8. The van der Waals surface area contributed by atoms with Crippen LogP contribution in [-0.2, 0) is 19.1 Å². The Hall–Kier alpha value is -3.10. The van der Waals surface area contributed by atoms with Crippen molar-refractivity contribution in [2.45, 2.75) is 32.6 Å². The number of amides is 1. The summed E-state index contributed by atoms with van der Waals surface area (Å²) in [5.41, 5.74) is 1.06. The highest BCUT2D eigenvalue weighted by atomic mass is 16.6. The molecular formula is C21H24N2O7. The van der Waals surface area contributed by atoms with Crippen LogP contribution in [0.5, 0.6) is 0 Å². The highest BCUT2D eigenvalue weighted by molar-refractivity contribution is 5.99. The zero-order valence-corrected chi connectivity index (χ0v) is 16.7. The normalized spacial score (nSPS) is 23.6. The fourth-order valence-electron chi connectivity index (χ4n) is 4.22. The number of hydrogen-bond donors (Lipinski definition) is 0. The van der Waals surface area contributed by atoms with E-state index in [9.17, 15) is 29.3 Å². The summed E-state index contributed by atoms with van der Waals surface area (Å²) in [6.45, 7) is 1.58. The first-order valence-corrected chi connectivity index (χ1v) is 10.00. The predicted octanol–water partition coefficient (Wildman–Crippen LogP) is 2.05. The van der Waals surface area contributed by atoms with Crippen LogP contribution in [0.4, 0.5) is 5.69 Å². The number of hydrogen-bond acceptors (Lipinski definition) is 7. The van der Waals surface area contributed by atoms with E-state index in [0.29, 0.717) is 18.5 Å². The van der Waals surface area contributed by atoms with Crippen molar-refractivity contribution in [1.29, 1.82) is 0 Å². The number of nitrogens with zero attached hydrogens (tertiary/aromatic N) is 2. The molecule has 1 heterocycles. The molecule has 0 bridgehead atoms. The number of esters is 1. The number of rotatable bonds is 8. The molecule has 9 nitrogen and oxygen atoms in total. The molecule has 2 aliphatic rings. The summed E-state index contributed by atoms with van der Waals surface area (Å²) >= 11 is 0. The summed E-state index contributed by atoms with van der Waals surface area (Å²) in [6, 6.07) is 6.51. The van der Waals surface area contributed by atoms with Crippen LogP contribution in [0.25, 0.3) is 0 Å². The van der Waals surface area contributed by atoms with Crippen LogP contribution in [0.2, 0.25) is 0 Å². The third-order valence-corrected chi connectivity index (χ3v) is 5.87. The maximum absolute atomic E-state index is 12.3. The molecule has 1 aromatic rings. The first-order valence-electron chi connectivity index (χ1n) is 10.00. The molecule has 0 N–H and O–H groups in total. The predicted molar refractivity (Wildman–Crippen MR) is 106 cm³/mol. The lowest BCUT2D eigenvalue weighted by molar-refractivity contribution is -0.490. The van der Waals surface area contributed by atoms with Crippen LogP contribution in [0.1, 0.15) is 43.0 Å². The zero-order valence-electron chi connectivity index (χ0n) is 16.7. The van der Waals surface area contributed by atoms with Crippen LogP contribution in [0.15, 0.2) is 24.3 Å². The Labute approximate surface area is 173 Å². The highest BCUT2D eigenvalue weighted by Crippen LogP contribution is 2.36. The summed E-state index contributed by atoms with van der Waals surface area (Å²) < 4.78 is 5.03. The molecule has 3 atom stereocenters. The van der Waals surface area contributed by atoms with E-state index in [-0.39, 0.29) is 37.0 Å². The average Bonchev–Trinajstić information content (AvgIpc) is 3.24. The van der Waals surface area contributed by atoms with Crippen LogP contribution >= 0.6 is 0 Å². The minimum Gasteiger partial charge on any atom is -0.457 e. The molecule has 1 amide bonds. The Kier molecular flexibility index (Phi) is 6.59. The van der Waals surface area contributed by atoms with Crippen molar-refractivity contribution >= 4 is 29.1 Å². The molecule has 2 fully saturated rings. The molecule has 1 saturated heterocycles. The smallest absolute Gasteiger partial charge is 0.306 e. The molecule has 1 aliphatic heterocycles. The number of nitro groups is 1. The molecule has 1 aliphatic carbocycles. The van der Waals surface area contributed by atoms with Crippen molar-refractivity contribution in [2.24, 2.45) is 17.8 Å². The second-order valence-corrected chi connectivity index (χ2v) is 7.92. The molecule has 0 unspecified atom stereocenters. The van der Waals surface area contributed by atoms with E-state index >= 15 is 0 Å². The van der Waals surface area contributed by atoms with E-state index in [1.807, 2.05) is 0 Å². The first-order chi connectivity index (χ1) is 14.3. The fraction of sp³-hybridized carbons (Fsp3) is 0.524. The molecule has 0 spiro atoms. The van der Waals surface area contributed by atoms with Crippen molar-refractivity contribution in [3.63, 3.8) is 0 Å². The molecular weight excluding hydrogens is 392 g/mol. The molecule has 0 radical (unpaired) electrons. The topological polar surface area (TPSA) is 124 Å². The molecule has 9 heteroatoms. The molecule has 30 heavy (non-hydrogen) atoms. The van der Waals surface area contributed by atoms with E-state index in [1.54, 1.807) is 36.1 Å². The third-order valence-electron chi connectivity index (χ3n) is 5.87. The van der Waals surface area contributed by atoms with Gasteiger partial charge in [-0.05, 0) is 36.6 Å². The van der Waals surface area contributed by atoms with Crippen LogP contribution in [-0.4, -0.2) is 48.1 Å². The van der Waals surface area contributed by atoms with Gasteiger partial charge in [-0.15, -0.1) is 0 Å². The van der Waals surface area contributed by atoms with E-state index in [0.717, 1.165) is 12.1 Å². The van der Waals surface area contributed by atoms with Gasteiger partial charge in [0, 0.05) is 47.4 Å². The lowest BCUT2D eigenvalue weighted by Gasteiger charge is -2.17. The van der Waals surface area contributed by atoms with Crippen LogP contribution in [0, 0.1) is 27.9 Å². The van der Waals surface area contributed by atoms with E-state index in [4.69, 9.17) is 4.74 Å². The van der Waals surface area contributed by atoms with Gasteiger partial charge >= 0.3 is 5.97 Å². The number of ether oxygens (including phenoxy) is 1. The molecule has 160 valence electrons. The van der Waals surface area contributed by atoms with Crippen molar-refractivity contribution in [3.05, 3.63) is 39.9 Å². The van der Waals surface area contributed by atoms with E-state index in [1.165, 1.54) is 0 Å². The van der Waals surface area contributed by atoms with Gasteiger partial charge in [0.15, 0.2) is 12.4 Å². The molecule has 3 rings (SSSR count). The van der Waals surface area contributed by atoms with Gasteiger partial charge in [0.05, 0.1) is 6.42 Å². The van der Waals surface area contributed by atoms with Gasteiger partial charge in [0.1, 0.15) is 5.78 Å². The lowest BCUT2D eigenvalue weighted by Crippen LogP contribution is -2.28. The minimum atomic E-state index is -0.745. The molecule has 1 saturated carbocycles. The Morgan fingerprint density at radius 2 is 1.93 bits per heavy atom. The van der Waals surface area contributed by atoms with Gasteiger partial charge in [-0.2, -0.15) is 0 Å². The maximum Gasteiger partial charge on any atom is 0.306 e. The summed E-state index contributed by atoms with van der Waals surface area (Å²) in [7, 11) is 0.